The van der Waals surface area contributed by atoms with Crippen molar-refractivity contribution in [2.45, 2.75) is 12.4 Å². The molecule has 78 valence electrons. The molecular formula is C11H10Cl2N2. The van der Waals surface area contributed by atoms with Crippen molar-refractivity contribution in [3.8, 4) is 0 Å². The van der Waals surface area contributed by atoms with Crippen LogP contribution in [0.4, 0.5) is 0 Å². The number of imidazole rings is 1. The summed E-state index contributed by atoms with van der Waals surface area (Å²) in [6, 6.07) is 5.64. The predicted octanol–water partition coefficient (Wildman–Crippen LogP) is 3.61. The maximum atomic E-state index is 5.90. The third kappa shape index (κ3) is 1.87. The topological polar surface area (TPSA) is 17.8 Å². The third-order valence-corrected chi connectivity index (χ3v) is 2.69. The summed E-state index contributed by atoms with van der Waals surface area (Å²) in [5.74, 6) is 1.23. The summed E-state index contributed by atoms with van der Waals surface area (Å²) in [6.07, 6.45) is 1.83. The molecular weight excluding hydrogens is 231 g/mol. The van der Waals surface area contributed by atoms with Crippen LogP contribution in [0.15, 0.2) is 30.9 Å². The molecule has 0 N–H and O–H groups in total. The lowest BCUT2D eigenvalue weighted by Crippen LogP contribution is -1.99. The highest BCUT2D eigenvalue weighted by atomic mass is 35.5. The second-order valence-corrected chi connectivity index (χ2v) is 3.90. The number of fused-ring (bicyclic) bond motifs is 1. The van der Waals surface area contributed by atoms with E-state index in [2.05, 4.69) is 11.6 Å². The maximum absolute atomic E-state index is 5.90. The van der Waals surface area contributed by atoms with E-state index in [9.17, 15) is 0 Å². The monoisotopic (exact) mass is 240 g/mol. The Morgan fingerprint density at radius 2 is 2.27 bits per heavy atom. The van der Waals surface area contributed by atoms with E-state index in [0.29, 0.717) is 17.4 Å². The van der Waals surface area contributed by atoms with Crippen LogP contribution in [0, 0.1) is 0 Å². The molecule has 0 bridgehead atoms. The van der Waals surface area contributed by atoms with E-state index in [0.717, 1.165) is 16.9 Å². The number of benzene rings is 1. The zero-order chi connectivity index (χ0) is 10.8. The molecule has 2 aromatic rings. The predicted molar refractivity (Wildman–Crippen MR) is 64.5 cm³/mol. The first-order valence-electron chi connectivity index (χ1n) is 4.57. The van der Waals surface area contributed by atoms with Gasteiger partial charge in [0.25, 0.3) is 0 Å². The first-order valence-corrected chi connectivity index (χ1v) is 5.49. The average Bonchev–Trinajstić information content (AvgIpc) is 2.56. The Balaban J connectivity index is 2.68. The van der Waals surface area contributed by atoms with E-state index in [1.54, 1.807) is 0 Å². The van der Waals surface area contributed by atoms with E-state index >= 15 is 0 Å². The van der Waals surface area contributed by atoms with Crippen LogP contribution in [0.2, 0.25) is 5.02 Å². The van der Waals surface area contributed by atoms with Crippen molar-refractivity contribution in [2.75, 3.05) is 0 Å². The number of rotatable bonds is 3. The van der Waals surface area contributed by atoms with Crippen LogP contribution >= 0.6 is 23.2 Å². The average molecular weight is 241 g/mol. The molecule has 4 heteroatoms. The van der Waals surface area contributed by atoms with Crippen molar-refractivity contribution in [2.24, 2.45) is 0 Å². The van der Waals surface area contributed by atoms with Gasteiger partial charge < -0.3 is 4.57 Å². The molecule has 1 aromatic heterocycles. The molecule has 0 radical (unpaired) electrons. The highest BCUT2D eigenvalue weighted by Crippen LogP contribution is 2.21. The second kappa shape index (κ2) is 4.25. The molecule has 0 saturated heterocycles. The number of allylic oxidation sites excluding steroid dienone is 1. The van der Waals surface area contributed by atoms with Crippen LogP contribution in [-0.2, 0) is 12.4 Å². The van der Waals surface area contributed by atoms with E-state index in [4.69, 9.17) is 23.2 Å². The summed E-state index contributed by atoms with van der Waals surface area (Å²) in [5.41, 5.74) is 1.91. The zero-order valence-electron chi connectivity index (χ0n) is 8.08. The van der Waals surface area contributed by atoms with Crippen molar-refractivity contribution in [1.29, 1.82) is 0 Å². The normalized spacial score (nSPS) is 10.8. The lowest BCUT2D eigenvalue weighted by Gasteiger charge is -2.02. The second-order valence-electron chi connectivity index (χ2n) is 3.19. The van der Waals surface area contributed by atoms with Crippen LogP contribution in [-0.4, -0.2) is 9.55 Å². The van der Waals surface area contributed by atoms with Gasteiger partial charge in [-0.05, 0) is 18.2 Å². The molecule has 15 heavy (non-hydrogen) atoms. The van der Waals surface area contributed by atoms with Gasteiger partial charge in [-0.15, -0.1) is 18.2 Å². The van der Waals surface area contributed by atoms with Crippen LogP contribution in [0.25, 0.3) is 11.0 Å². The minimum Gasteiger partial charge on any atom is -0.323 e. The van der Waals surface area contributed by atoms with Gasteiger partial charge in [0.15, 0.2) is 0 Å². The Kier molecular flexibility index (Phi) is 2.98. The van der Waals surface area contributed by atoms with Crippen molar-refractivity contribution in [3.63, 3.8) is 0 Å². The fourth-order valence-electron chi connectivity index (χ4n) is 1.59. The minimum atomic E-state index is 0.389. The maximum Gasteiger partial charge on any atom is 0.125 e. The van der Waals surface area contributed by atoms with Crippen LogP contribution in [0.3, 0.4) is 0 Å². The molecule has 0 spiro atoms. The molecule has 0 aliphatic rings. The number of hydrogen-bond donors (Lipinski definition) is 0. The summed E-state index contributed by atoms with van der Waals surface area (Å²) < 4.78 is 2.03. The highest BCUT2D eigenvalue weighted by molar-refractivity contribution is 6.31. The molecule has 0 saturated carbocycles. The van der Waals surface area contributed by atoms with Crippen LogP contribution < -0.4 is 0 Å². The van der Waals surface area contributed by atoms with E-state index in [-0.39, 0.29) is 0 Å². The van der Waals surface area contributed by atoms with E-state index in [1.165, 1.54) is 0 Å². The van der Waals surface area contributed by atoms with Gasteiger partial charge in [0.05, 0.1) is 16.9 Å². The summed E-state index contributed by atoms with van der Waals surface area (Å²) in [7, 11) is 0. The molecule has 0 fully saturated rings. The van der Waals surface area contributed by atoms with Crippen molar-refractivity contribution >= 4 is 34.2 Å². The lowest BCUT2D eigenvalue weighted by atomic mass is 10.3. The first-order chi connectivity index (χ1) is 7.26. The number of aromatic nitrogens is 2. The standard InChI is InChI=1S/C11H10Cl2N2/c1-2-5-15-10-4-3-8(13)6-9(10)14-11(15)7-12/h2-4,6H,1,5,7H2. The fraction of sp³-hybridized carbons (Fsp3) is 0.182. The minimum absolute atomic E-state index is 0.389. The lowest BCUT2D eigenvalue weighted by molar-refractivity contribution is 0.799. The largest absolute Gasteiger partial charge is 0.323 e. The SMILES string of the molecule is C=CCn1c(CCl)nc2cc(Cl)ccc21. The van der Waals surface area contributed by atoms with Gasteiger partial charge in [0.1, 0.15) is 5.82 Å². The molecule has 0 aliphatic heterocycles. The number of alkyl halides is 1. The molecule has 0 atom stereocenters. The van der Waals surface area contributed by atoms with Gasteiger partial charge >= 0.3 is 0 Å². The van der Waals surface area contributed by atoms with Crippen molar-refractivity contribution < 1.29 is 0 Å². The van der Waals surface area contributed by atoms with E-state index in [1.807, 2.05) is 28.8 Å². The van der Waals surface area contributed by atoms with Gasteiger partial charge in [-0.3, -0.25) is 0 Å². The summed E-state index contributed by atoms with van der Waals surface area (Å²) >= 11 is 11.7. The summed E-state index contributed by atoms with van der Waals surface area (Å²) in [4.78, 5) is 4.41. The number of nitrogens with zero attached hydrogens (tertiary/aromatic N) is 2. The van der Waals surface area contributed by atoms with Crippen molar-refractivity contribution in [3.05, 3.63) is 41.7 Å². The molecule has 0 amide bonds. The first kappa shape index (κ1) is 10.5. The van der Waals surface area contributed by atoms with Gasteiger partial charge in [0.2, 0.25) is 0 Å². The Morgan fingerprint density at radius 1 is 1.47 bits per heavy atom. The molecule has 0 aliphatic carbocycles. The molecule has 1 heterocycles. The molecule has 2 rings (SSSR count). The smallest absolute Gasteiger partial charge is 0.125 e. The van der Waals surface area contributed by atoms with Gasteiger partial charge in [0, 0.05) is 11.6 Å². The summed E-state index contributed by atoms with van der Waals surface area (Å²) in [5, 5.41) is 0.687. The summed E-state index contributed by atoms with van der Waals surface area (Å²) in [6.45, 7) is 4.43. The third-order valence-electron chi connectivity index (χ3n) is 2.22. The number of hydrogen-bond acceptors (Lipinski definition) is 1. The number of halogens is 2. The van der Waals surface area contributed by atoms with Crippen LogP contribution in [0.5, 0.6) is 0 Å². The Labute approximate surface area is 98.1 Å². The van der Waals surface area contributed by atoms with Gasteiger partial charge in [-0.1, -0.05) is 17.7 Å². The van der Waals surface area contributed by atoms with E-state index < -0.39 is 0 Å². The fourth-order valence-corrected chi connectivity index (χ4v) is 1.96. The molecule has 0 unspecified atom stereocenters. The quantitative estimate of drug-likeness (QED) is 0.592. The highest BCUT2D eigenvalue weighted by Gasteiger charge is 2.08. The van der Waals surface area contributed by atoms with Crippen LogP contribution in [0.1, 0.15) is 5.82 Å². The van der Waals surface area contributed by atoms with Crippen molar-refractivity contribution in [1.82, 2.24) is 9.55 Å². The van der Waals surface area contributed by atoms with Gasteiger partial charge in [-0.2, -0.15) is 0 Å². The Bertz CT molecular complexity index is 503. The Hall–Kier alpha value is -0.990. The zero-order valence-corrected chi connectivity index (χ0v) is 9.59. The van der Waals surface area contributed by atoms with Gasteiger partial charge in [-0.25, -0.2) is 4.98 Å². The molecule has 2 nitrogen and oxygen atoms in total. The molecule has 1 aromatic carbocycles. The Morgan fingerprint density at radius 3 is 2.93 bits per heavy atom.